The molecular formula is C8H6F3NO7S2. The van der Waals surface area contributed by atoms with Crippen molar-refractivity contribution in [1.29, 1.82) is 0 Å². The van der Waals surface area contributed by atoms with E-state index in [0.29, 0.717) is 6.07 Å². The van der Waals surface area contributed by atoms with E-state index < -0.39 is 47.7 Å². The molecule has 13 heteroatoms. The lowest BCUT2D eigenvalue weighted by molar-refractivity contribution is -0.645. The highest BCUT2D eigenvalue weighted by Crippen LogP contribution is 2.22. The third-order valence-electron chi connectivity index (χ3n) is 2.03. The van der Waals surface area contributed by atoms with E-state index >= 15 is 0 Å². The fraction of sp³-hybridized carbons (Fsp3) is 0.250. The standard InChI is InChI=1S/C8H6F3NO7S2/c9-8(10,12(13)14)5-19-21(17,18)7-3-1-2-6(4-7)20(11,15)16/h1-4H,5H2. The SMILES string of the molecule is O=[N+]([O-])C(F)(F)COS(=O)(=O)c1cccc(S(=O)(=O)F)c1. The van der Waals surface area contributed by atoms with Gasteiger partial charge in [0.1, 0.15) is 0 Å². The molecule has 0 bridgehead atoms. The van der Waals surface area contributed by atoms with Crippen molar-refractivity contribution < 1.29 is 38.6 Å². The Hall–Kier alpha value is -1.73. The fourth-order valence-corrected chi connectivity index (χ4v) is 2.58. The van der Waals surface area contributed by atoms with E-state index in [9.17, 15) is 39.6 Å². The highest BCUT2D eigenvalue weighted by Gasteiger charge is 2.46. The Bertz CT molecular complexity index is 760. The second kappa shape index (κ2) is 5.57. The van der Waals surface area contributed by atoms with Crippen LogP contribution in [0.1, 0.15) is 0 Å². The summed E-state index contributed by atoms with van der Waals surface area (Å²) < 4.78 is 85.9. The molecule has 0 aliphatic carbocycles. The smallest absolute Gasteiger partial charge is 0.259 e. The number of nitro groups is 1. The molecule has 0 radical (unpaired) electrons. The van der Waals surface area contributed by atoms with Crippen LogP contribution >= 0.6 is 0 Å². The topological polar surface area (TPSA) is 121 Å². The summed E-state index contributed by atoms with van der Waals surface area (Å²) >= 11 is 0. The first-order valence-corrected chi connectivity index (χ1v) is 7.62. The van der Waals surface area contributed by atoms with E-state index in [1.807, 2.05) is 0 Å². The van der Waals surface area contributed by atoms with Gasteiger partial charge in [-0.05, 0) is 18.2 Å². The third kappa shape index (κ3) is 4.37. The van der Waals surface area contributed by atoms with Crippen LogP contribution in [0.15, 0.2) is 34.1 Å². The molecule has 1 aromatic rings. The van der Waals surface area contributed by atoms with Crippen molar-refractivity contribution in [3.8, 4) is 0 Å². The number of hydrogen-bond acceptors (Lipinski definition) is 7. The van der Waals surface area contributed by atoms with Crippen LogP contribution in [0.5, 0.6) is 0 Å². The summed E-state index contributed by atoms with van der Waals surface area (Å²) in [7, 11) is -10.1. The van der Waals surface area contributed by atoms with Crippen molar-refractivity contribution in [2.24, 2.45) is 0 Å². The number of hydrogen-bond donors (Lipinski definition) is 0. The minimum absolute atomic E-state index is 0.328. The minimum Gasteiger partial charge on any atom is -0.259 e. The van der Waals surface area contributed by atoms with Gasteiger partial charge in [-0.15, -0.1) is 12.7 Å². The van der Waals surface area contributed by atoms with Crippen LogP contribution in [0.4, 0.5) is 12.7 Å². The first-order valence-electron chi connectivity index (χ1n) is 4.83. The van der Waals surface area contributed by atoms with Crippen LogP contribution in [0.25, 0.3) is 0 Å². The highest BCUT2D eigenvalue weighted by atomic mass is 32.3. The van der Waals surface area contributed by atoms with Crippen molar-refractivity contribution in [3.63, 3.8) is 0 Å². The Morgan fingerprint density at radius 1 is 1.19 bits per heavy atom. The van der Waals surface area contributed by atoms with Gasteiger partial charge in [-0.1, -0.05) is 6.07 Å². The predicted molar refractivity (Wildman–Crippen MR) is 59.8 cm³/mol. The molecule has 0 fully saturated rings. The average Bonchev–Trinajstić information content (AvgIpc) is 2.36. The van der Waals surface area contributed by atoms with Crippen molar-refractivity contribution in [2.75, 3.05) is 6.61 Å². The lowest BCUT2D eigenvalue weighted by atomic mass is 10.4. The second-order valence-electron chi connectivity index (χ2n) is 3.55. The maximum atomic E-state index is 12.7. The zero-order valence-electron chi connectivity index (χ0n) is 9.77. The summed E-state index contributed by atoms with van der Waals surface area (Å²) in [5, 5.41) is 9.91. The van der Waals surface area contributed by atoms with E-state index in [1.165, 1.54) is 0 Å². The van der Waals surface area contributed by atoms with Gasteiger partial charge in [-0.25, -0.2) is 0 Å². The zero-order valence-corrected chi connectivity index (χ0v) is 11.4. The summed E-state index contributed by atoms with van der Waals surface area (Å²) in [4.78, 5) is 5.88. The van der Waals surface area contributed by atoms with Crippen LogP contribution in [0, 0.1) is 10.1 Å². The van der Waals surface area contributed by atoms with Crippen LogP contribution in [-0.4, -0.2) is 34.4 Å². The Labute approximate surface area is 116 Å². The van der Waals surface area contributed by atoms with Gasteiger partial charge in [0.25, 0.3) is 10.1 Å². The third-order valence-corrected chi connectivity index (χ3v) is 4.11. The molecule has 21 heavy (non-hydrogen) atoms. The molecule has 0 aromatic heterocycles. The average molecular weight is 349 g/mol. The number of halogens is 3. The molecule has 0 amide bonds. The molecule has 0 saturated carbocycles. The molecular weight excluding hydrogens is 343 g/mol. The molecule has 0 N–H and O–H groups in total. The summed E-state index contributed by atoms with van der Waals surface area (Å²) in [6.07, 6.45) is 0. The van der Waals surface area contributed by atoms with Gasteiger partial charge in [0.2, 0.25) is 6.61 Å². The van der Waals surface area contributed by atoms with E-state index in [0.717, 1.165) is 18.2 Å². The van der Waals surface area contributed by atoms with Crippen molar-refractivity contribution in [2.45, 2.75) is 15.8 Å². The number of alkyl halides is 2. The second-order valence-corrected chi connectivity index (χ2v) is 6.51. The maximum absolute atomic E-state index is 12.7. The lowest BCUT2D eigenvalue weighted by Crippen LogP contribution is -2.34. The monoisotopic (exact) mass is 349 g/mol. The molecule has 0 heterocycles. The van der Waals surface area contributed by atoms with Crippen molar-refractivity contribution in [1.82, 2.24) is 0 Å². The first-order chi connectivity index (χ1) is 9.36. The van der Waals surface area contributed by atoms with E-state index in [4.69, 9.17) is 0 Å². The lowest BCUT2D eigenvalue weighted by Gasteiger charge is -2.09. The molecule has 1 aromatic carbocycles. The Morgan fingerprint density at radius 3 is 2.19 bits per heavy atom. The molecule has 1 rings (SSSR count). The van der Waals surface area contributed by atoms with Gasteiger partial charge in [0, 0.05) is 0 Å². The van der Waals surface area contributed by atoms with Gasteiger partial charge >= 0.3 is 16.3 Å². The largest absolute Gasteiger partial charge is 0.535 e. The van der Waals surface area contributed by atoms with Gasteiger partial charge in [-0.3, -0.25) is 14.3 Å². The highest BCUT2D eigenvalue weighted by molar-refractivity contribution is 7.87. The van der Waals surface area contributed by atoms with Crippen molar-refractivity contribution in [3.05, 3.63) is 34.4 Å². The van der Waals surface area contributed by atoms with E-state index in [-0.39, 0.29) is 0 Å². The maximum Gasteiger partial charge on any atom is 0.535 e. The normalized spacial score (nSPS) is 13.1. The van der Waals surface area contributed by atoms with Gasteiger partial charge < -0.3 is 0 Å². The van der Waals surface area contributed by atoms with Crippen LogP contribution in [0.2, 0.25) is 0 Å². The Balaban J connectivity index is 3.08. The molecule has 0 saturated heterocycles. The zero-order chi connectivity index (χ0) is 16.5. The first kappa shape index (κ1) is 17.3. The number of nitrogens with zero attached hydrogens (tertiary/aromatic N) is 1. The number of benzene rings is 1. The summed E-state index contributed by atoms with van der Waals surface area (Å²) in [5.41, 5.74) is 0. The molecule has 8 nitrogen and oxygen atoms in total. The van der Waals surface area contributed by atoms with Crippen molar-refractivity contribution >= 4 is 20.3 Å². The Morgan fingerprint density at radius 2 is 1.71 bits per heavy atom. The molecule has 0 aliphatic heterocycles. The number of rotatable bonds is 6. The summed E-state index contributed by atoms with van der Waals surface area (Å²) in [5.74, 6) is 0. The predicted octanol–water partition coefficient (Wildman–Crippen LogP) is 0.920. The summed E-state index contributed by atoms with van der Waals surface area (Å²) in [6.45, 7) is -2.09. The Kier molecular flexibility index (Phi) is 4.60. The molecule has 118 valence electrons. The fourth-order valence-electron chi connectivity index (χ4n) is 1.05. The van der Waals surface area contributed by atoms with E-state index in [2.05, 4.69) is 4.18 Å². The molecule has 0 atom stereocenters. The van der Waals surface area contributed by atoms with Gasteiger partial charge in [0.05, 0.1) is 14.7 Å². The van der Waals surface area contributed by atoms with Gasteiger partial charge in [0.15, 0.2) is 0 Å². The van der Waals surface area contributed by atoms with Crippen LogP contribution < -0.4 is 0 Å². The quantitative estimate of drug-likeness (QED) is 0.246. The molecule has 0 spiro atoms. The van der Waals surface area contributed by atoms with Crippen LogP contribution in [-0.2, 0) is 24.5 Å². The minimum atomic E-state index is -5.22. The van der Waals surface area contributed by atoms with Gasteiger partial charge in [-0.2, -0.15) is 16.8 Å². The molecule has 0 unspecified atom stereocenters. The van der Waals surface area contributed by atoms with Crippen LogP contribution in [0.3, 0.4) is 0 Å². The van der Waals surface area contributed by atoms with E-state index in [1.54, 1.807) is 0 Å². The molecule has 0 aliphatic rings. The summed E-state index contributed by atoms with van der Waals surface area (Å²) in [6, 6.07) is -2.03.